The SMILES string of the molecule is Cc1cc(C#N)cc(C)c1Oc1nc(NC2CCN(Cc3cc(=O)[nH]c(=O)[nH]3)CC2)nc2c1CSCC2. The third kappa shape index (κ3) is 5.87. The summed E-state index contributed by atoms with van der Waals surface area (Å²) in [5.74, 6) is 3.70. The second-order valence-electron chi connectivity index (χ2n) is 9.54. The van der Waals surface area contributed by atoms with E-state index in [2.05, 4.69) is 26.3 Å². The van der Waals surface area contributed by atoms with E-state index in [0.29, 0.717) is 29.6 Å². The van der Waals surface area contributed by atoms with Gasteiger partial charge in [-0.05, 0) is 62.1 Å². The van der Waals surface area contributed by atoms with E-state index in [1.165, 1.54) is 6.07 Å². The summed E-state index contributed by atoms with van der Waals surface area (Å²) in [6, 6.07) is 7.50. The van der Waals surface area contributed by atoms with Gasteiger partial charge in [0.25, 0.3) is 5.56 Å². The van der Waals surface area contributed by atoms with E-state index >= 15 is 0 Å². The molecule has 10 nitrogen and oxygen atoms in total. The van der Waals surface area contributed by atoms with Gasteiger partial charge in [0.2, 0.25) is 11.8 Å². The molecule has 0 spiro atoms. The van der Waals surface area contributed by atoms with Gasteiger partial charge in [0, 0.05) is 48.8 Å². The highest BCUT2D eigenvalue weighted by Gasteiger charge is 2.24. The lowest BCUT2D eigenvalue weighted by molar-refractivity contribution is 0.208. The lowest BCUT2D eigenvalue weighted by Crippen LogP contribution is -2.39. The van der Waals surface area contributed by atoms with E-state index in [0.717, 1.165) is 72.0 Å². The first-order valence-corrected chi connectivity index (χ1v) is 13.5. The van der Waals surface area contributed by atoms with Crippen LogP contribution in [0.25, 0.3) is 0 Å². The molecule has 37 heavy (non-hydrogen) atoms. The number of hydrogen-bond donors (Lipinski definition) is 3. The smallest absolute Gasteiger partial charge is 0.325 e. The third-order valence-electron chi connectivity index (χ3n) is 6.70. The summed E-state index contributed by atoms with van der Waals surface area (Å²) in [6.07, 6.45) is 2.63. The van der Waals surface area contributed by atoms with Crippen molar-refractivity contribution in [3.63, 3.8) is 0 Å². The molecule has 3 N–H and O–H groups in total. The van der Waals surface area contributed by atoms with Gasteiger partial charge in [-0.2, -0.15) is 22.0 Å². The van der Waals surface area contributed by atoms with Crippen LogP contribution in [0.3, 0.4) is 0 Å². The fourth-order valence-corrected chi connectivity index (χ4v) is 5.86. The molecule has 2 aliphatic rings. The van der Waals surface area contributed by atoms with E-state index in [1.807, 2.05) is 37.7 Å². The second-order valence-corrected chi connectivity index (χ2v) is 10.6. The Morgan fingerprint density at radius 1 is 1.16 bits per heavy atom. The minimum atomic E-state index is -0.480. The van der Waals surface area contributed by atoms with Gasteiger partial charge in [-0.3, -0.25) is 14.7 Å². The number of anilines is 1. The number of rotatable bonds is 6. The topological polar surface area (TPSA) is 140 Å². The van der Waals surface area contributed by atoms with Gasteiger partial charge in [-0.1, -0.05) is 0 Å². The van der Waals surface area contributed by atoms with E-state index in [9.17, 15) is 14.9 Å². The minimum absolute atomic E-state index is 0.205. The molecule has 0 radical (unpaired) electrons. The molecule has 0 unspecified atom stereocenters. The maximum Gasteiger partial charge on any atom is 0.325 e. The van der Waals surface area contributed by atoms with Crippen LogP contribution >= 0.6 is 11.8 Å². The van der Waals surface area contributed by atoms with Crippen LogP contribution in [0.4, 0.5) is 5.95 Å². The largest absolute Gasteiger partial charge is 0.438 e. The molecule has 2 aliphatic heterocycles. The number of H-pyrrole nitrogens is 2. The zero-order valence-electron chi connectivity index (χ0n) is 20.9. The first-order chi connectivity index (χ1) is 17.9. The molecule has 0 aliphatic carbocycles. The van der Waals surface area contributed by atoms with Gasteiger partial charge in [-0.15, -0.1) is 0 Å². The van der Waals surface area contributed by atoms with Gasteiger partial charge in [-0.25, -0.2) is 9.78 Å². The summed E-state index contributed by atoms with van der Waals surface area (Å²) in [5, 5.41) is 12.8. The van der Waals surface area contributed by atoms with Crippen LogP contribution in [-0.4, -0.2) is 49.7 Å². The molecule has 1 fully saturated rings. The van der Waals surface area contributed by atoms with Gasteiger partial charge < -0.3 is 15.0 Å². The molecule has 1 aromatic carbocycles. The summed E-state index contributed by atoms with van der Waals surface area (Å²) in [7, 11) is 0. The van der Waals surface area contributed by atoms with Gasteiger partial charge in [0.05, 0.1) is 17.3 Å². The summed E-state index contributed by atoms with van der Waals surface area (Å²) in [4.78, 5) is 39.9. The number of hydrogen-bond acceptors (Lipinski definition) is 9. The Morgan fingerprint density at radius 3 is 2.62 bits per heavy atom. The number of ether oxygens (including phenoxy) is 1. The van der Waals surface area contributed by atoms with Crippen LogP contribution in [0, 0.1) is 25.2 Å². The van der Waals surface area contributed by atoms with Crippen LogP contribution in [0.5, 0.6) is 11.6 Å². The highest BCUT2D eigenvalue weighted by Crippen LogP contribution is 2.36. The van der Waals surface area contributed by atoms with E-state index in [4.69, 9.17) is 14.7 Å². The fraction of sp³-hybridized carbons (Fsp3) is 0.423. The van der Waals surface area contributed by atoms with Crippen molar-refractivity contribution in [1.29, 1.82) is 5.26 Å². The highest BCUT2D eigenvalue weighted by atomic mass is 32.2. The number of fused-ring (bicyclic) bond motifs is 1. The zero-order valence-corrected chi connectivity index (χ0v) is 21.7. The van der Waals surface area contributed by atoms with Crippen molar-refractivity contribution < 1.29 is 4.74 Å². The number of likely N-dealkylation sites (tertiary alicyclic amines) is 1. The molecule has 4 heterocycles. The van der Waals surface area contributed by atoms with Crippen molar-refractivity contribution in [2.75, 3.05) is 24.2 Å². The van der Waals surface area contributed by atoms with E-state index in [1.54, 1.807) is 0 Å². The van der Waals surface area contributed by atoms with E-state index < -0.39 is 5.69 Å². The van der Waals surface area contributed by atoms with Crippen molar-refractivity contribution in [3.8, 4) is 17.7 Å². The number of thioether (sulfide) groups is 1. The zero-order chi connectivity index (χ0) is 25.9. The number of nitrogens with one attached hydrogen (secondary N) is 3. The second kappa shape index (κ2) is 10.8. The maximum absolute atomic E-state index is 11.6. The summed E-state index contributed by atoms with van der Waals surface area (Å²) in [6.45, 7) is 6.06. The van der Waals surface area contributed by atoms with Crippen LogP contribution in [0.15, 0.2) is 27.8 Å². The predicted molar refractivity (Wildman–Crippen MR) is 142 cm³/mol. The van der Waals surface area contributed by atoms with Crippen LogP contribution in [0.2, 0.25) is 0 Å². The normalized spacial score (nSPS) is 16.1. The Balaban J connectivity index is 1.30. The molecular formula is C26H29N7O3S. The summed E-state index contributed by atoms with van der Waals surface area (Å²) < 4.78 is 6.39. The van der Waals surface area contributed by atoms with Crippen molar-refractivity contribution in [1.82, 2.24) is 24.8 Å². The molecule has 0 bridgehead atoms. The summed E-state index contributed by atoms with van der Waals surface area (Å²) >= 11 is 1.85. The first kappa shape index (κ1) is 25.0. The molecular weight excluding hydrogens is 490 g/mol. The number of nitriles is 1. The first-order valence-electron chi connectivity index (χ1n) is 12.4. The average Bonchev–Trinajstić information content (AvgIpc) is 2.86. The number of piperidine rings is 1. The number of nitrogens with zero attached hydrogens (tertiary/aromatic N) is 4. The Kier molecular flexibility index (Phi) is 7.30. The molecule has 2 aromatic heterocycles. The highest BCUT2D eigenvalue weighted by molar-refractivity contribution is 7.98. The monoisotopic (exact) mass is 519 g/mol. The molecule has 192 valence electrons. The minimum Gasteiger partial charge on any atom is -0.438 e. The van der Waals surface area contributed by atoms with E-state index in [-0.39, 0.29) is 11.6 Å². The Morgan fingerprint density at radius 2 is 1.92 bits per heavy atom. The van der Waals surface area contributed by atoms with Gasteiger partial charge in [0.1, 0.15) is 5.75 Å². The quantitative estimate of drug-likeness (QED) is 0.448. The van der Waals surface area contributed by atoms with Crippen molar-refractivity contribution in [2.24, 2.45) is 0 Å². The molecule has 11 heteroatoms. The number of aromatic nitrogens is 4. The molecule has 0 atom stereocenters. The predicted octanol–water partition coefficient (Wildman–Crippen LogP) is 3.00. The lowest BCUT2D eigenvalue weighted by Gasteiger charge is -2.32. The Hall–Kier alpha value is -3.62. The van der Waals surface area contributed by atoms with Gasteiger partial charge >= 0.3 is 5.69 Å². The fourth-order valence-electron chi connectivity index (χ4n) is 4.89. The maximum atomic E-state index is 11.6. The number of benzene rings is 1. The molecule has 3 aromatic rings. The molecule has 0 amide bonds. The standard InChI is InChI=1S/C26H29N7O3S/c1-15-9-17(12-27)10-16(2)23(15)36-24-20-14-37-8-5-21(20)30-25(32-24)28-18-3-6-33(7-4-18)13-19-11-22(34)31-26(35)29-19/h9-11,18H,3-8,13-14H2,1-2H3,(H,28,30,32)(H2,29,31,34,35). The van der Waals surface area contributed by atoms with Crippen LogP contribution in [0.1, 0.15) is 46.5 Å². The van der Waals surface area contributed by atoms with Crippen molar-refractivity contribution in [3.05, 3.63) is 72.7 Å². The van der Waals surface area contributed by atoms with Crippen molar-refractivity contribution in [2.45, 2.75) is 51.4 Å². The molecule has 1 saturated heterocycles. The molecule has 5 rings (SSSR count). The third-order valence-corrected chi connectivity index (χ3v) is 7.69. The lowest BCUT2D eigenvalue weighted by atomic mass is 10.0. The van der Waals surface area contributed by atoms with Crippen LogP contribution < -0.4 is 21.3 Å². The number of aryl methyl sites for hydroxylation is 3. The van der Waals surface area contributed by atoms with Crippen molar-refractivity contribution >= 4 is 17.7 Å². The average molecular weight is 520 g/mol. The van der Waals surface area contributed by atoms with Gasteiger partial charge in [0.15, 0.2) is 0 Å². The summed E-state index contributed by atoms with van der Waals surface area (Å²) in [5.41, 5.74) is 4.21. The number of aromatic amines is 2. The van der Waals surface area contributed by atoms with Crippen LogP contribution in [-0.2, 0) is 18.7 Å². The molecule has 0 saturated carbocycles. The Labute approximate surface area is 218 Å². The Bertz CT molecular complexity index is 1420.